The first-order valence-corrected chi connectivity index (χ1v) is 16.7. The fraction of sp³-hybridized carbons (Fsp3) is 0.370. The predicted molar refractivity (Wildman–Crippen MR) is 161 cm³/mol. The van der Waals surface area contributed by atoms with Crippen molar-refractivity contribution in [2.45, 2.75) is 62.0 Å². The topological polar surface area (TPSA) is 199 Å². The molecule has 0 amide bonds. The number of sulfonamides is 1. The Kier molecular flexibility index (Phi) is 12.2. The molecule has 3 rings (SSSR count). The van der Waals surface area contributed by atoms with Gasteiger partial charge in [0.1, 0.15) is 0 Å². The van der Waals surface area contributed by atoms with Crippen molar-refractivity contribution >= 4 is 82.0 Å². The van der Waals surface area contributed by atoms with Crippen molar-refractivity contribution in [3.05, 3.63) is 48.5 Å². The molecule has 0 unspecified atom stereocenters. The van der Waals surface area contributed by atoms with E-state index in [1.165, 1.54) is 38.1 Å². The first-order valence-electron chi connectivity index (χ1n) is 12.9. The van der Waals surface area contributed by atoms with Crippen molar-refractivity contribution in [2.75, 3.05) is 17.2 Å². The fourth-order valence-corrected chi connectivity index (χ4v) is 7.12. The van der Waals surface area contributed by atoms with E-state index in [2.05, 4.69) is 10.6 Å². The first kappa shape index (κ1) is 34.9. The third kappa shape index (κ3) is 10.5. The molecule has 1 aliphatic rings. The second kappa shape index (κ2) is 15.4. The molecule has 4 N–H and O–H groups in total. The number of rotatable bonds is 10. The number of benzene rings is 2. The Hall–Kier alpha value is -3.60. The molecule has 14 nitrogen and oxygen atoms in total. The van der Waals surface area contributed by atoms with Gasteiger partial charge in [0.2, 0.25) is 0 Å². The number of thiocarbonyl (C=S) groups is 1. The molecule has 0 bridgehead atoms. The van der Waals surface area contributed by atoms with Crippen LogP contribution in [-0.4, -0.2) is 88.4 Å². The second-order valence-corrected chi connectivity index (χ2v) is 13.8. The van der Waals surface area contributed by atoms with Crippen molar-refractivity contribution in [3.8, 4) is 0 Å². The minimum atomic E-state index is -3.82. The predicted octanol–water partition coefficient (Wildman–Crippen LogP) is 0.556. The molecule has 0 spiro atoms. The number of carbonyl (C=O) groups excluding carboxylic acids is 4. The van der Waals surface area contributed by atoms with Crippen molar-refractivity contribution in [1.82, 2.24) is 0 Å². The van der Waals surface area contributed by atoms with E-state index in [1.807, 2.05) is 0 Å². The van der Waals surface area contributed by atoms with Crippen molar-refractivity contribution in [3.63, 3.8) is 0 Å². The maximum atomic E-state index is 12.1. The second-order valence-electron chi connectivity index (χ2n) is 9.36. The van der Waals surface area contributed by atoms with E-state index >= 15 is 0 Å². The van der Waals surface area contributed by atoms with Gasteiger partial charge in [0.15, 0.2) is 0 Å². The molecule has 0 aromatic heterocycles. The van der Waals surface area contributed by atoms with Gasteiger partial charge in [-0.15, -0.1) is 0 Å². The average molecular weight is 717 g/mol. The average Bonchev–Trinajstić information content (AvgIpc) is 2.91. The Morgan fingerprint density at radius 3 is 1.75 bits per heavy atom. The Bertz CT molecular complexity index is 1490. The van der Waals surface area contributed by atoms with E-state index < -0.39 is 78.3 Å². The van der Waals surface area contributed by atoms with E-state index in [9.17, 15) is 27.6 Å². The molecule has 1 saturated heterocycles. The molecule has 44 heavy (non-hydrogen) atoms. The first-order chi connectivity index (χ1) is 20.6. The molecular weight excluding hydrogens is 685 g/mol. The number of ether oxygens (including phenoxy) is 5. The summed E-state index contributed by atoms with van der Waals surface area (Å²) < 4.78 is 51.4. The molecule has 17 heteroatoms. The molecule has 1 fully saturated rings. The third-order valence-electron chi connectivity index (χ3n) is 5.75. The van der Waals surface area contributed by atoms with Gasteiger partial charge >= 0.3 is 253 Å². The number of hydrogen-bond donors (Lipinski definition) is 3. The number of hydrogen-bond acceptors (Lipinski definition) is 12. The summed E-state index contributed by atoms with van der Waals surface area (Å²) >= 11 is 4.79. The van der Waals surface area contributed by atoms with Crippen LogP contribution in [0.1, 0.15) is 27.7 Å². The zero-order valence-corrected chi connectivity index (χ0v) is 27.4. The van der Waals surface area contributed by atoms with Crippen LogP contribution in [-0.2, 0) is 52.9 Å². The molecule has 1 aliphatic heterocycles. The van der Waals surface area contributed by atoms with Crippen LogP contribution in [0.3, 0.4) is 0 Å². The van der Waals surface area contributed by atoms with Crippen molar-refractivity contribution < 1.29 is 51.3 Å². The van der Waals surface area contributed by atoms with Crippen molar-refractivity contribution in [1.29, 1.82) is 0 Å². The van der Waals surface area contributed by atoms with Crippen LogP contribution in [0, 0.1) is 0 Å². The van der Waals surface area contributed by atoms with Gasteiger partial charge in [-0.25, -0.2) is 13.6 Å². The Morgan fingerprint density at radius 2 is 1.27 bits per heavy atom. The van der Waals surface area contributed by atoms with Crippen LogP contribution in [0.25, 0.3) is 0 Å². The number of anilines is 2. The van der Waals surface area contributed by atoms with Crippen molar-refractivity contribution in [2.24, 2.45) is 5.14 Å². The van der Waals surface area contributed by atoms with Gasteiger partial charge in [-0.1, -0.05) is 0 Å². The van der Waals surface area contributed by atoms with E-state index in [1.54, 1.807) is 24.3 Å². The van der Waals surface area contributed by atoms with Gasteiger partial charge in [-0.05, 0) is 0 Å². The summed E-state index contributed by atoms with van der Waals surface area (Å²) in [6.45, 7) is 4.41. The van der Waals surface area contributed by atoms with Gasteiger partial charge in [0, 0.05) is 0 Å². The number of nitrogens with two attached hydrogens (primary N) is 1. The summed E-state index contributed by atoms with van der Waals surface area (Å²) in [6, 6.07) is 12.8. The van der Waals surface area contributed by atoms with Crippen LogP contribution in [0.2, 0.25) is 0 Å². The van der Waals surface area contributed by atoms with E-state index in [-0.39, 0.29) is 16.6 Å². The van der Waals surface area contributed by atoms with Gasteiger partial charge in [0.05, 0.1) is 0 Å². The van der Waals surface area contributed by atoms with Gasteiger partial charge in [-0.2, -0.15) is 0 Å². The summed E-state index contributed by atoms with van der Waals surface area (Å²) in [6.07, 6.45) is -4.60. The Balaban J connectivity index is 1.78. The van der Waals surface area contributed by atoms with Crippen LogP contribution >= 0.6 is 12.2 Å². The number of carbonyl (C=O) groups is 4. The van der Waals surface area contributed by atoms with E-state index in [0.717, 1.165) is 18.3 Å². The zero-order valence-electron chi connectivity index (χ0n) is 24.0. The van der Waals surface area contributed by atoms with Crippen LogP contribution in [0.15, 0.2) is 53.4 Å². The molecule has 0 radical (unpaired) electrons. The summed E-state index contributed by atoms with van der Waals surface area (Å²) in [5.41, 5.74) is 1.17. The number of esters is 4. The van der Waals surface area contributed by atoms with E-state index in [4.69, 9.17) is 41.0 Å². The molecule has 238 valence electrons. The van der Waals surface area contributed by atoms with Gasteiger partial charge < -0.3 is 0 Å². The summed E-state index contributed by atoms with van der Waals surface area (Å²) in [5.74, 6) is -2.68. The Labute approximate surface area is 265 Å². The molecule has 1 heterocycles. The molecular formula is C27H31N3O11S2Se. The molecule has 0 aliphatic carbocycles. The normalized spacial score (nSPS) is 21.3. The standard InChI is InChI=1S/C27H31N3O11S2Se/c1-14(31)37-13-22-23(38-15(2)32)24(39-16(3)33)25(40-17(4)34)26(41-22)44-21-11-7-19(8-12-21)30-27(42)29-18-5-9-20(10-6-18)43(28,35)36/h5-12,22-26H,13H2,1-4H3,(H2,28,35,36)(H2,29,30,42)/t22-,23+,24+,25-,26+/m1/s1. The number of nitrogens with one attached hydrogen (secondary N) is 2. The van der Waals surface area contributed by atoms with Crippen LogP contribution in [0.4, 0.5) is 11.4 Å². The molecule has 5 atom stereocenters. The molecule has 2 aromatic rings. The summed E-state index contributed by atoms with van der Waals surface area (Å²) in [5, 5.41) is 10.5. The molecule has 2 aromatic carbocycles. The number of primary sulfonamides is 1. The van der Waals surface area contributed by atoms with E-state index in [0.29, 0.717) is 11.4 Å². The monoisotopic (exact) mass is 717 g/mol. The summed E-state index contributed by atoms with van der Waals surface area (Å²) in [4.78, 5) is 47.5. The quantitative estimate of drug-likeness (QED) is 0.133. The minimum absolute atomic E-state index is 0.0314. The van der Waals surface area contributed by atoms with Crippen LogP contribution in [0.5, 0.6) is 0 Å². The maximum absolute atomic E-state index is 12.1. The molecule has 0 saturated carbocycles. The zero-order chi connectivity index (χ0) is 32.6. The van der Waals surface area contributed by atoms with Crippen LogP contribution < -0.4 is 20.2 Å². The van der Waals surface area contributed by atoms with Gasteiger partial charge in [0.25, 0.3) is 0 Å². The third-order valence-corrected chi connectivity index (χ3v) is 9.31. The Morgan fingerprint density at radius 1 is 0.795 bits per heavy atom. The fourth-order valence-electron chi connectivity index (χ4n) is 4.06. The van der Waals surface area contributed by atoms with Gasteiger partial charge in [-0.3, -0.25) is 0 Å². The SMILES string of the molecule is CC(=O)OC[C@H]1O[C@@H]([Se]c2ccc(NC(=S)Nc3ccc(S(N)(=O)=O)cc3)cc2)[C@H](OC(C)=O)[C@@H](OC(C)=O)[C@H]1OC(C)=O. The summed E-state index contributed by atoms with van der Waals surface area (Å²) in [7, 11) is -3.82.